The van der Waals surface area contributed by atoms with E-state index in [4.69, 9.17) is 4.74 Å². The number of methoxy groups -OCH3 is 1. The number of carbonyl (C=O) groups excluding carboxylic acids is 2. The van der Waals surface area contributed by atoms with Crippen molar-refractivity contribution in [2.45, 2.75) is 0 Å². The third-order valence-electron chi connectivity index (χ3n) is 4.38. The summed E-state index contributed by atoms with van der Waals surface area (Å²) in [5.41, 5.74) is 2.46. The van der Waals surface area contributed by atoms with E-state index in [1.165, 1.54) is 19.2 Å². The van der Waals surface area contributed by atoms with Gasteiger partial charge in [0, 0.05) is 0 Å². The van der Waals surface area contributed by atoms with Crippen molar-refractivity contribution in [3.05, 3.63) is 83.7 Å². The van der Waals surface area contributed by atoms with E-state index in [1.54, 1.807) is 12.1 Å². The highest BCUT2D eigenvalue weighted by molar-refractivity contribution is 6.34. The first-order valence-electron chi connectivity index (χ1n) is 8.02. The van der Waals surface area contributed by atoms with E-state index in [2.05, 4.69) is 0 Å². The summed E-state index contributed by atoms with van der Waals surface area (Å²) in [5, 5.41) is 0. The van der Waals surface area contributed by atoms with Gasteiger partial charge in [-0.1, -0.05) is 36.4 Å². The second kappa shape index (κ2) is 6.11. The van der Waals surface area contributed by atoms with Crippen LogP contribution < -0.4 is 9.64 Å². The van der Waals surface area contributed by atoms with Crippen molar-refractivity contribution in [2.75, 3.05) is 12.0 Å². The molecule has 0 N–H and O–H groups in total. The molecule has 1 aliphatic rings. The van der Waals surface area contributed by atoms with E-state index in [-0.39, 0.29) is 11.1 Å². The minimum Gasteiger partial charge on any atom is -0.495 e. The molecule has 128 valence electrons. The van der Waals surface area contributed by atoms with Crippen molar-refractivity contribution in [1.29, 1.82) is 0 Å². The highest BCUT2D eigenvalue weighted by atomic mass is 19.1. The molecule has 3 aromatic carbocycles. The predicted molar refractivity (Wildman–Crippen MR) is 96.0 cm³/mol. The van der Waals surface area contributed by atoms with Gasteiger partial charge >= 0.3 is 0 Å². The Balaban J connectivity index is 1.79. The normalized spacial score (nSPS) is 13.1. The van der Waals surface area contributed by atoms with E-state index in [1.807, 2.05) is 36.4 Å². The van der Waals surface area contributed by atoms with Gasteiger partial charge in [0.2, 0.25) is 0 Å². The Labute approximate surface area is 149 Å². The number of hydrogen-bond acceptors (Lipinski definition) is 3. The number of imide groups is 1. The van der Waals surface area contributed by atoms with E-state index in [0.29, 0.717) is 11.4 Å². The maximum atomic E-state index is 13.5. The topological polar surface area (TPSA) is 46.6 Å². The summed E-state index contributed by atoms with van der Waals surface area (Å²) < 4.78 is 18.9. The number of nitrogens with zero attached hydrogens (tertiary/aromatic N) is 1. The van der Waals surface area contributed by atoms with Crippen LogP contribution in [-0.4, -0.2) is 18.9 Å². The van der Waals surface area contributed by atoms with Crippen LogP contribution >= 0.6 is 0 Å². The number of amides is 2. The lowest BCUT2D eigenvalue weighted by Gasteiger charge is -2.18. The molecule has 0 saturated heterocycles. The molecule has 0 unspecified atom stereocenters. The van der Waals surface area contributed by atoms with Gasteiger partial charge in [0.05, 0.1) is 23.9 Å². The number of fused-ring (bicyclic) bond motifs is 1. The number of anilines is 1. The van der Waals surface area contributed by atoms with Gasteiger partial charge in [-0.3, -0.25) is 9.59 Å². The summed E-state index contributed by atoms with van der Waals surface area (Å²) in [6.45, 7) is 0. The maximum Gasteiger partial charge on any atom is 0.266 e. The average molecular weight is 347 g/mol. The Hall–Kier alpha value is -3.47. The Kier molecular flexibility index (Phi) is 3.77. The third kappa shape index (κ3) is 2.45. The molecular formula is C21H14FNO3. The van der Waals surface area contributed by atoms with E-state index < -0.39 is 17.6 Å². The summed E-state index contributed by atoms with van der Waals surface area (Å²) >= 11 is 0. The van der Waals surface area contributed by atoms with Gasteiger partial charge in [0.1, 0.15) is 11.6 Å². The summed E-state index contributed by atoms with van der Waals surface area (Å²) in [6, 6.07) is 18.5. The third-order valence-corrected chi connectivity index (χ3v) is 4.38. The fourth-order valence-corrected chi connectivity index (χ4v) is 3.10. The lowest BCUT2D eigenvalue weighted by molar-refractivity contribution is 0.0925. The number of benzene rings is 3. The molecule has 4 rings (SSSR count). The zero-order valence-electron chi connectivity index (χ0n) is 13.9. The second-order valence-electron chi connectivity index (χ2n) is 5.89. The van der Waals surface area contributed by atoms with Crippen molar-refractivity contribution in [3.63, 3.8) is 0 Å². The molecule has 0 radical (unpaired) electrons. The van der Waals surface area contributed by atoms with Gasteiger partial charge < -0.3 is 4.74 Å². The molecule has 0 spiro atoms. The van der Waals surface area contributed by atoms with Gasteiger partial charge in [-0.05, 0) is 41.5 Å². The zero-order valence-corrected chi connectivity index (χ0v) is 13.9. The monoisotopic (exact) mass is 347 g/mol. The van der Waals surface area contributed by atoms with E-state index in [9.17, 15) is 14.0 Å². The molecular weight excluding hydrogens is 333 g/mol. The molecule has 26 heavy (non-hydrogen) atoms. The van der Waals surface area contributed by atoms with Crippen LogP contribution in [0.15, 0.2) is 66.7 Å². The minimum atomic E-state index is -0.560. The largest absolute Gasteiger partial charge is 0.495 e. The van der Waals surface area contributed by atoms with Crippen LogP contribution in [0.4, 0.5) is 10.1 Å². The highest BCUT2D eigenvalue weighted by Gasteiger charge is 2.38. The fourth-order valence-electron chi connectivity index (χ4n) is 3.10. The molecule has 0 aromatic heterocycles. The molecule has 0 atom stereocenters. The summed E-state index contributed by atoms with van der Waals surface area (Å²) in [4.78, 5) is 26.4. The van der Waals surface area contributed by atoms with E-state index >= 15 is 0 Å². The van der Waals surface area contributed by atoms with Gasteiger partial charge in [-0.2, -0.15) is 0 Å². The number of rotatable bonds is 3. The number of ether oxygens (including phenoxy) is 1. The summed E-state index contributed by atoms with van der Waals surface area (Å²) in [7, 11) is 1.48. The van der Waals surface area contributed by atoms with Crippen molar-refractivity contribution < 1.29 is 18.7 Å². The standard InChI is InChI=1S/C21H14FNO3/c1-26-19-11-14(13-5-3-2-4-6-13)7-10-18(19)23-20(24)16-9-8-15(22)12-17(16)21(23)25/h2-12H,1H3. The Morgan fingerprint density at radius 2 is 1.54 bits per heavy atom. The van der Waals surface area contributed by atoms with Crippen LogP contribution in [-0.2, 0) is 0 Å². The highest BCUT2D eigenvalue weighted by Crippen LogP contribution is 2.37. The Morgan fingerprint density at radius 1 is 0.808 bits per heavy atom. The molecule has 2 amide bonds. The molecule has 0 fully saturated rings. The van der Waals surface area contributed by atoms with Crippen LogP contribution in [0.1, 0.15) is 20.7 Å². The van der Waals surface area contributed by atoms with Crippen molar-refractivity contribution in [3.8, 4) is 16.9 Å². The first-order chi connectivity index (χ1) is 12.6. The smallest absolute Gasteiger partial charge is 0.266 e. The lowest BCUT2D eigenvalue weighted by Crippen LogP contribution is -2.29. The van der Waals surface area contributed by atoms with E-state index in [0.717, 1.165) is 22.1 Å². The van der Waals surface area contributed by atoms with Crippen molar-refractivity contribution in [1.82, 2.24) is 0 Å². The molecule has 1 heterocycles. The minimum absolute atomic E-state index is 0.0594. The van der Waals surface area contributed by atoms with Crippen LogP contribution in [0.25, 0.3) is 11.1 Å². The maximum absolute atomic E-state index is 13.5. The predicted octanol–water partition coefficient (Wildman–Crippen LogP) is 4.30. The molecule has 0 bridgehead atoms. The number of carbonyl (C=O) groups is 2. The molecule has 3 aromatic rings. The van der Waals surface area contributed by atoms with Crippen LogP contribution in [0, 0.1) is 5.82 Å². The quantitative estimate of drug-likeness (QED) is 0.664. The van der Waals surface area contributed by atoms with Gasteiger partial charge in [0.15, 0.2) is 0 Å². The van der Waals surface area contributed by atoms with Crippen LogP contribution in [0.5, 0.6) is 5.75 Å². The molecule has 4 nitrogen and oxygen atoms in total. The average Bonchev–Trinajstić information content (AvgIpc) is 2.92. The molecule has 0 aliphatic carbocycles. The molecule has 0 saturated carbocycles. The van der Waals surface area contributed by atoms with Crippen molar-refractivity contribution in [2.24, 2.45) is 0 Å². The fraction of sp³-hybridized carbons (Fsp3) is 0.0476. The van der Waals surface area contributed by atoms with Gasteiger partial charge in [-0.15, -0.1) is 0 Å². The molecule has 1 aliphatic heterocycles. The number of hydrogen-bond donors (Lipinski definition) is 0. The lowest BCUT2D eigenvalue weighted by atomic mass is 10.0. The Morgan fingerprint density at radius 3 is 2.27 bits per heavy atom. The summed E-state index contributed by atoms with van der Waals surface area (Å²) in [6.07, 6.45) is 0. The zero-order chi connectivity index (χ0) is 18.3. The SMILES string of the molecule is COc1cc(-c2ccccc2)ccc1N1C(=O)c2ccc(F)cc2C1=O. The van der Waals surface area contributed by atoms with Crippen LogP contribution in [0.2, 0.25) is 0 Å². The number of halogens is 1. The second-order valence-corrected chi connectivity index (χ2v) is 5.89. The first kappa shape index (κ1) is 16.0. The molecule has 5 heteroatoms. The van der Waals surface area contributed by atoms with Crippen molar-refractivity contribution >= 4 is 17.5 Å². The van der Waals surface area contributed by atoms with Gasteiger partial charge in [-0.25, -0.2) is 9.29 Å². The van der Waals surface area contributed by atoms with Gasteiger partial charge in [0.25, 0.3) is 11.8 Å². The Bertz CT molecular complexity index is 1030. The van der Waals surface area contributed by atoms with Crippen LogP contribution in [0.3, 0.4) is 0 Å². The summed E-state index contributed by atoms with van der Waals surface area (Å²) in [5.74, 6) is -1.22. The first-order valence-corrected chi connectivity index (χ1v) is 8.02.